The molecule has 0 aromatic heterocycles. The molecule has 1 fully saturated rings. The molecule has 1 saturated heterocycles. The molecule has 1 aromatic rings. The second-order valence-electron chi connectivity index (χ2n) is 4.45. The Morgan fingerprint density at radius 3 is 2.82 bits per heavy atom. The van der Waals surface area contributed by atoms with E-state index in [0.29, 0.717) is 5.92 Å². The fourth-order valence-corrected chi connectivity index (χ4v) is 2.14. The summed E-state index contributed by atoms with van der Waals surface area (Å²) in [4.78, 5) is 10.8. The highest BCUT2D eigenvalue weighted by Gasteiger charge is 2.27. The van der Waals surface area contributed by atoms with Crippen molar-refractivity contribution in [2.45, 2.75) is 18.9 Å². The number of hydrogen-bond acceptors (Lipinski definition) is 2. The predicted molar refractivity (Wildman–Crippen MR) is 67.6 cm³/mol. The molecule has 0 amide bonds. The van der Waals surface area contributed by atoms with Gasteiger partial charge in [0.1, 0.15) is 6.04 Å². The van der Waals surface area contributed by atoms with Gasteiger partial charge in [-0.25, -0.2) is 0 Å². The number of hydrogen-bond donors (Lipinski definition) is 2. The lowest BCUT2D eigenvalue weighted by Gasteiger charge is -2.03. The van der Waals surface area contributed by atoms with Crippen molar-refractivity contribution in [1.82, 2.24) is 5.32 Å². The van der Waals surface area contributed by atoms with Crippen LogP contribution < -0.4 is 5.32 Å². The minimum absolute atomic E-state index is 0.356. The van der Waals surface area contributed by atoms with Gasteiger partial charge in [-0.3, -0.25) is 4.79 Å². The summed E-state index contributed by atoms with van der Waals surface area (Å²) in [6, 6.07) is 9.78. The molecule has 1 aliphatic rings. The van der Waals surface area contributed by atoms with Crippen molar-refractivity contribution in [2.75, 3.05) is 6.54 Å². The molecule has 3 nitrogen and oxygen atoms in total. The highest BCUT2D eigenvalue weighted by molar-refractivity contribution is 5.73. The molecule has 0 bridgehead atoms. The summed E-state index contributed by atoms with van der Waals surface area (Å²) in [5.74, 6) is -0.296. The molecule has 0 saturated carbocycles. The van der Waals surface area contributed by atoms with Crippen molar-refractivity contribution in [3.05, 3.63) is 42.0 Å². The average molecular weight is 231 g/mol. The van der Waals surface area contributed by atoms with Gasteiger partial charge < -0.3 is 10.4 Å². The largest absolute Gasteiger partial charge is 0.480 e. The van der Waals surface area contributed by atoms with Crippen molar-refractivity contribution in [2.24, 2.45) is 5.92 Å². The van der Waals surface area contributed by atoms with E-state index in [0.717, 1.165) is 19.4 Å². The van der Waals surface area contributed by atoms with Gasteiger partial charge in [-0.15, -0.1) is 0 Å². The number of carboxylic acid groups (broad SMARTS) is 1. The molecule has 1 aromatic carbocycles. The van der Waals surface area contributed by atoms with Crippen molar-refractivity contribution < 1.29 is 9.90 Å². The first kappa shape index (κ1) is 11.9. The molecule has 3 heteroatoms. The smallest absolute Gasteiger partial charge is 0.320 e. The van der Waals surface area contributed by atoms with Gasteiger partial charge in [0.05, 0.1) is 0 Å². The Morgan fingerprint density at radius 2 is 2.18 bits per heavy atom. The van der Waals surface area contributed by atoms with E-state index in [2.05, 4.69) is 29.6 Å². The molecular weight excluding hydrogens is 214 g/mol. The molecule has 2 unspecified atom stereocenters. The molecule has 0 radical (unpaired) electrons. The summed E-state index contributed by atoms with van der Waals surface area (Å²) in [6.45, 7) is 0.802. The van der Waals surface area contributed by atoms with Crippen LogP contribution in [0.3, 0.4) is 0 Å². The zero-order valence-corrected chi connectivity index (χ0v) is 9.67. The van der Waals surface area contributed by atoms with E-state index in [4.69, 9.17) is 5.11 Å². The fourth-order valence-electron chi connectivity index (χ4n) is 2.14. The Morgan fingerprint density at radius 1 is 1.41 bits per heavy atom. The molecule has 2 rings (SSSR count). The highest BCUT2D eigenvalue weighted by Crippen LogP contribution is 2.18. The minimum atomic E-state index is -0.737. The third kappa shape index (κ3) is 3.43. The lowest BCUT2D eigenvalue weighted by atomic mass is 10.0. The van der Waals surface area contributed by atoms with Crippen molar-refractivity contribution in [3.8, 4) is 0 Å². The van der Waals surface area contributed by atoms with E-state index in [1.54, 1.807) is 0 Å². The lowest BCUT2D eigenvalue weighted by molar-refractivity contribution is -0.139. The second-order valence-corrected chi connectivity index (χ2v) is 4.45. The molecule has 17 heavy (non-hydrogen) atoms. The van der Waals surface area contributed by atoms with Crippen LogP contribution in [0.25, 0.3) is 6.08 Å². The maximum absolute atomic E-state index is 10.8. The molecule has 0 spiro atoms. The Hall–Kier alpha value is -1.61. The zero-order valence-electron chi connectivity index (χ0n) is 9.67. The standard InChI is InChI=1S/C14H17NO2/c16-14(17)13-9-12(10-15-13)8-4-7-11-5-2-1-3-6-11/h1-7,12-13,15H,8-10H2,(H,16,17). The van der Waals surface area contributed by atoms with E-state index >= 15 is 0 Å². The number of nitrogens with one attached hydrogen (secondary N) is 1. The normalized spacial score (nSPS) is 24.2. The van der Waals surface area contributed by atoms with Crippen molar-refractivity contribution in [3.63, 3.8) is 0 Å². The summed E-state index contributed by atoms with van der Waals surface area (Å²) in [6.07, 6.45) is 5.89. The summed E-state index contributed by atoms with van der Waals surface area (Å²) >= 11 is 0. The number of aliphatic carboxylic acids is 1. The van der Waals surface area contributed by atoms with Crippen LogP contribution in [0.2, 0.25) is 0 Å². The van der Waals surface area contributed by atoms with E-state index in [1.165, 1.54) is 5.56 Å². The highest BCUT2D eigenvalue weighted by atomic mass is 16.4. The number of carboxylic acids is 1. The minimum Gasteiger partial charge on any atom is -0.480 e. The van der Waals surface area contributed by atoms with Gasteiger partial charge in [-0.05, 0) is 30.9 Å². The van der Waals surface area contributed by atoms with Gasteiger partial charge in [0.2, 0.25) is 0 Å². The molecule has 0 aliphatic carbocycles. The summed E-state index contributed by atoms with van der Waals surface area (Å²) in [7, 11) is 0. The summed E-state index contributed by atoms with van der Waals surface area (Å²) in [5, 5.41) is 11.9. The maximum Gasteiger partial charge on any atom is 0.320 e. The Labute approximate surface area is 101 Å². The van der Waals surface area contributed by atoms with Crippen LogP contribution in [-0.4, -0.2) is 23.7 Å². The SMILES string of the molecule is O=C(O)C1CC(CC=Cc2ccccc2)CN1. The van der Waals surface area contributed by atoms with E-state index in [9.17, 15) is 4.79 Å². The van der Waals surface area contributed by atoms with E-state index < -0.39 is 5.97 Å². The van der Waals surface area contributed by atoms with Gasteiger partial charge >= 0.3 is 5.97 Å². The number of carbonyl (C=O) groups is 1. The third-order valence-electron chi connectivity index (χ3n) is 3.10. The van der Waals surface area contributed by atoms with Gasteiger partial charge in [0, 0.05) is 0 Å². The summed E-state index contributed by atoms with van der Waals surface area (Å²) < 4.78 is 0. The van der Waals surface area contributed by atoms with Crippen molar-refractivity contribution in [1.29, 1.82) is 0 Å². The molecule has 1 aliphatic heterocycles. The first-order chi connectivity index (χ1) is 8.25. The predicted octanol–water partition coefficient (Wildman–Crippen LogP) is 2.15. The molecular formula is C14H17NO2. The molecule has 2 atom stereocenters. The molecule has 90 valence electrons. The second kappa shape index (κ2) is 5.64. The van der Waals surface area contributed by atoms with Gasteiger partial charge in [-0.1, -0.05) is 42.5 Å². The van der Waals surface area contributed by atoms with Crippen LogP contribution in [0.15, 0.2) is 36.4 Å². The zero-order chi connectivity index (χ0) is 12.1. The topological polar surface area (TPSA) is 49.3 Å². The first-order valence-corrected chi connectivity index (χ1v) is 5.93. The quantitative estimate of drug-likeness (QED) is 0.834. The van der Waals surface area contributed by atoms with Gasteiger partial charge in [-0.2, -0.15) is 0 Å². The number of benzene rings is 1. The maximum atomic E-state index is 10.8. The van der Waals surface area contributed by atoms with Crippen LogP contribution >= 0.6 is 0 Å². The van der Waals surface area contributed by atoms with Crippen LogP contribution in [0, 0.1) is 5.92 Å². The number of allylic oxidation sites excluding steroid dienone is 1. The Balaban J connectivity index is 1.80. The molecule has 1 heterocycles. The van der Waals surface area contributed by atoms with Crippen LogP contribution in [0.1, 0.15) is 18.4 Å². The fraction of sp³-hybridized carbons (Fsp3) is 0.357. The van der Waals surface area contributed by atoms with Crippen LogP contribution in [0.5, 0.6) is 0 Å². The average Bonchev–Trinajstić information content (AvgIpc) is 2.79. The van der Waals surface area contributed by atoms with Crippen LogP contribution in [0.4, 0.5) is 0 Å². The van der Waals surface area contributed by atoms with Crippen LogP contribution in [-0.2, 0) is 4.79 Å². The number of rotatable bonds is 4. The van der Waals surface area contributed by atoms with E-state index in [-0.39, 0.29) is 6.04 Å². The van der Waals surface area contributed by atoms with Gasteiger partial charge in [0.25, 0.3) is 0 Å². The lowest BCUT2D eigenvalue weighted by Crippen LogP contribution is -2.29. The van der Waals surface area contributed by atoms with Gasteiger partial charge in [0.15, 0.2) is 0 Å². The summed E-state index contributed by atoms with van der Waals surface area (Å²) in [5.41, 5.74) is 1.19. The first-order valence-electron chi connectivity index (χ1n) is 5.93. The Bertz CT molecular complexity index is 400. The molecule has 2 N–H and O–H groups in total. The Kier molecular flexibility index (Phi) is 3.94. The monoisotopic (exact) mass is 231 g/mol. The van der Waals surface area contributed by atoms with Crippen molar-refractivity contribution >= 4 is 12.0 Å². The van der Waals surface area contributed by atoms with E-state index in [1.807, 2.05) is 18.2 Å². The third-order valence-corrected chi connectivity index (χ3v) is 3.10.